The molecule has 0 amide bonds. The van der Waals surface area contributed by atoms with E-state index in [0.717, 1.165) is 22.3 Å². The number of esters is 1. The molecule has 2 heterocycles. The smallest absolute Gasteiger partial charge is 0.310 e. The first-order chi connectivity index (χ1) is 18.1. The second-order valence-corrected chi connectivity index (χ2v) is 9.31. The van der Waals surface area contributed by atoms with Gasteiger partial charge in [0.2, 0.25) is 12.5 Å². The lowest BCUT2D eigenvalue weighted by Gasteiger charge is -2.39. The van der Waals surface area contributed by atoms with E-state index in [2.05, 4.69) is 0 Å². The molecule has 1 saturated heterocycles. The van der Waals surface area contributed by atoms with Gasteiger partial charge in [-0.05, 0) is 46.5 Å². The highest BCUT2D eigenvalue weighted by atomic mass is 16.7. The quantitative estimate of drug-likeness (QED) is 0.431. The standard InChI is InChI=1S/C29H28O8/c1-31-23-9-17(10-24(32-2)28(23)33-3)25-18-11-21-22(37-15-36-21)12-19(18)27(20-14-35-29(30)26(20)25)34-13-16-7-5-4-6-8-16/h4-12,20,25-27H,13-15H2,1-3H3/t20-,25-,26-,27+/m0/s1. The minimum atomic E-state index is -0.462. The van der Waals surface area contributed by atoms with Crippen LogP contribution < -0.4 is 23.7 Å². The molecule has 0 spiro atoms. The molecule has 0 N–H and O–H groups in total. The Balaban J connectivity index is 1.50. The highest BCUT2D eigenvalue weighted by molar-refractivity contribution is 5.79. The maximum absolute atomic E-state index is 13.3. The van der Waals surface area contributed by atoms with Gasteiger partial charge in [0.25, 0.3) is 0 Å². The van der Waals surface area contributed by atoms with Crippen LogP contribution >= 0.6 is 0 Å². The summed E-state index contributed by atoms with van der Waals surface area (Å²) in [6, 6.07) is 17.7. The number of benzene rings is 3. The Hall–Kier alpha value is -3.91. The van der Waals surface area contributed by atoms with Gasteiger partial charge in [0, 0.05) is 11.8 Å². The predicted octanol–water partition coefficient (Wildman–Crippen LogP) is 4.63. The molecule has 8 nitrogen and oxygen atoms in total. The lowest BCUT2D eigenvalue weighted by molar-refractivity contribution is -0.141. The molecule has 4 atom stereocenters. The Bertz CT molecular complexity index is 1300. The van der Waals surface area contributed by atoms with E-state index in [1.54, 1.807) is 21.3 Å². The van der Waals surface area contributed by atoms with Crippen molar-refractivity contribution in [2.75, 3.05) is 34.7 Å². The van der Waals surface area contributed by atoms with Crippen molar-refractivity contribution in [2.45, 2.75) is 18.6 Å². The molecule has 3 aromatic rings. The van der Waals surface area contributed by atoms with Crippen LogP contribution in [0, 0.1) is 11.8 Å². The Labute approximate surface area is 214 Å². The molecular formula is C29H28O8. The van der Waals surface area contributed by atoms with Gasteiger partial charge in [-0.15, -0.1) is 0 Å². The summed E-state index contributed by atoms with van der Waals surface area (Å²) < 4.78 is 40.4. The topological polar surface area (TPSA) is 81.7 Å². The van der Waals surface area contributed by atoms with Crippen LogP contribution in [0.1, 0.15) is 34.3 Å². The SMILES string of the molecule is COc1cc([C@H]2c3cc4c(cc3[C@@H](OCc3ccccc3)[C@H]3COC(=O)[C@H]23)OCO4)cc(OC)c1OC. The number of carbonyl (C=O) groups is 1. The first-order valence-corrected chi connectivity index (χ1v) is 12.2. The Morgan fingerprint density at radius 3 is 2.16 bits per heavy atom. The van der Waals surface area contributed by atoms with Crippen molar-refractivity contribution in [3.8, 4) is 28.7 Å². The summed E-state index contributed by atoms with van der Waals surface area (Å²) in [5.74, 6) is 1.60. The minimum absolute atomic E-state index is 0.150. The average molecular weight is 505 g/mol. The molecule has 0 unspecified atom stereocenters. The fraction of sp³-hybridized carbons (Fsp3) is 0.345. The summed E-state index contributed by atoms with van der Waals surface area (Å²) in [6.07, 6.45) is -0.362. The van der Waals surface area contributed by atoms with Crippen LogP contribution in [0.25, 0.3) is 0 Å². The zero-order chi connectivity index (χ0) is 25.5. The summed E-state index contributed by atoms with van der Waals surface area (Å²) in [5, 5.41) is 0. The summed E-state index contributed by atoms with van der Waals surface area (Å²) in [5.41, 5.74) is 3.79. The second-order valence-electron chi connectivity index (χ2n) is 9.31. The fourth-order valence-corrected chi connectivity index (χ4v) is 5.77. The molecule has 0 saturated carbocycles. The van der Waals surface area contributed by atoms with Crippen molar-refractivity contribution in [1.82, 2.24) is 0 Å². The van der Waals surface area contributed by atoms with Gasteiger partial charge in [0.05, 0.1) is 46.6 Å². The molecule has 0 radical (unpaired) electrons. The number of methoxy groups -OCH3 is 3. The molecule has 1 fully saturated rings. The molecule has 192 valence electrons. The number of fused-ring (bicyclic) bond motifs is 3. The van der Waals surface area contributed by atoms with Gasteiger partial charge in [-0.2, -0.15) is 0 Å². The summed E-state index contributed by atoms with van der Waals surface area (Å²) in [6.45, 7) is 0.834. The second kappa shape index (κ2) is 9.52. The van der Waals surface area contributed by atoms with E-state index >= 15 is 0 Å². The molecule has 0 aromatic heterocycles. The van der Waals surface area contributed by atoms with Crippen LogP contribution in [0.4, 0.5) is 0 Å². The number of cyclic esters (lactones) is 1. The normalized spacial score (nSPS) is 23.2. The van der Waals surface area contributed by atoms with Gasteiger partial charge in [0.15, 0.2) is 23.0 Å². The Morgan fingerprint density at radius 1 is 0.838 bits per heavy atom. The van der Waals surface area contributed by atoms with Crippen molar-refractivity contribution in [1.29, 1.82) is 0 Å². The lowest BCUT2D eigenvalue weighted by atomic mass is 9.66. The third-order valence-corrected chi connectivity index (χ3v) is 7.44. The molecule has 37 heavy (non-hydrogen) atoms. The number of ether oxygens (including phenoxy) is 7. The largest absolute Gasteiger partial charge is 0.493 e. The predicted molar refractivity (Wildman–Crippen MR) is 132 cm³/mol. The molecule has 6 rings (SSSR count). The van der Waals surface area contributed by atoms with Crippen molar-refractivity contribution in [3.05, 3.63) is 76.9 Å². The highest BCUT2D eigenvalue weighted by Gasteiger charge is 2.53. The third kappa shape index (κ3) is 3.92. The van der Waals surface area contributed by atoms with Crippen LogP contribution in [-0.2, 0) is 20.9 Å². The van der Waals surface area contributed by atoms with Crippen molar-refractivity contribution in [3.63, 3.8) is 0 Å². The summed E-state index contributed by atoms with van der Waals surface area (Å²) in [7, 11) is 4.72. The number of hydrogen-bond acceptors (Lipinski definition) is 8. The van der Waals surface area contributed by atoms with Gasteiger partial charge in [-0.25, -0.2) is 0 Å². The first-order valence-electron chi connectivity index (χ1n) is 12.2. The van der Waals surface area contributed by atoms with Gasteiger partial charge in [-0.3, -0.25) is 4.79 Å². The van der Waals surface area contributed by atoms with Crippen molar-refractivity contribution >= 4 is 5.97 Å². The van der Waals surface area contributed by atoms with Gasteiger partial charge < -0.3 is 33.2 Å². The van der Waals surface area contributed by atoms with E-state index < -0.39 is 5.92 Å². The number of rotatable bonds is 7. The molecule has 1 aliphatic carbocycles. The molecule has 8 heteroatoms. The summed E-state index contributed by atoms with van der Waals surface area (Å²) in [4.78, 5) is 13.3. The van der Waals surface area contributed by atoms with Crippen LogP contribution in [-0.4, -0.2) is 40.7 Å². The average Bonchev–Trinajstić information content (AvgIpc) is 3.56. The van der Waals surface area contributed by atoms with E-state index in [1.165, 1.54) is 0 Å². The molecule has 2 aliphatic heterocycles. The van der Waals surface area contributed by atoms with E-state index in [-0.39, 0.29) is 37.3 Å². The summed E-state index contributed by atoms with van der Waals surface area (Å²) >= 11 is 0. The third-order valence-electron chi connectivity index (χ3n) is 7.44. The van der Waals surface area contributed by atoms with Gasteiger partial charge in [0.1, 0.15) is 0 Å². The van der Waals surface area contributed by atoms with E-state index in [1.807, 2.05) is 54.6 Å². The Morgan fingerprint density at radius 2 is 1.51 bits per heavy atom. The van der Waals surface area contributed by atoms with E-state index in [0.29, 0.717) is 35.4 Å². The lowest BCUT2D eigenvalue weighted by Crippen LogP contribution is -2.35. The van der Waals surface area contributed by atoms with Crippen LogP contribution in [0.2, 0.25) is 0 Å². The zero-order valence-corrected chi connectivity index (χ0v) is 20.9. The fourth-order valence-electron chi connectivity index (χ4n) is 5.77. The maximum atomic E-state index is 13.3. The first kappa shape index (κ1) is 23.5. The van der Waals surface area contributed by atoms with Gasteiger partial charge in [-0.1, -0.05) is 30.3 Å². The molecule has 3 aliphatic rings. The van der Waals surface area contributed by atoms with E-state index in [9.17, 15) is 4.79 Å². The molecule has 3 aromatic carbocycles. The number of carbonyl (C=O) groups excluding carboxylic acids is 1. The molecular weight excluding hydrogens is 476 g/mol. The van der Waals surface area contributed by atoms with Crippen LogP contribution in [0.5, 0.6) is 28.7 Å². The number of hydrogen-bond donors (Lipinski definition) is 0. The molecule has 0 bridgehead atoms. The van der Waals surface area contributed by atoms with Gasteiger partial charge >= 0.3 is 5.97 Å². The zero-order valence-electron chi connectivity index (χ0n) is 20.9. The van der Waals surface area contributed by atoms with Crippen molar-refractivity contribution in [2.24, 2.45) is 11.8 Å². The monoisotopic (exact) mass is 504 g/mol. The van der Waals surface area contributed by atoms with Crippen molar-refractivity contribution < 1.29 is 38.0 Å². The minimum Gasteiger partial charge on any atom is -0.493 e. The van der Waals surface area contributed by atoms with Crippen LogP contribution in [0.15, 0.2) is 54.6 Å². The maximum Gasteiger partial charge on any atom is 0.310 e. The Kier molecular flexibility index (Phi) is 6.04. The van der Waals surface area contributed by atoms with Crippen LogP contribution in [0.3, 0.4) is 0 Å². The van der Waals surface area contributed by atoms with E-state index in [4.69, 9.17) is 33.2 Å². The highest BCUT2D eigenvalue weighted by Crippen LogP contribution is 2.56.